The Labute approximate surface area is 216 Å². The van der Waals surface area contributed by atoms with Crippen molar-refractivity contribution in [1.82, 2.24) is 5.09 Å². The molecule has 0 spiro atoms. The summed E-state index contributed by atoms with van der Waals surface area (Å²) in [4.78, 5) is 12.0. The smallest absolute Gasteiger partial charge is 0.330 e. The summed E-state index contributed by atoms with van der Waals surface area (Å²) in [5.41, 5.74) is 3.08. The maximum Gasteiger partial charge on any atom is 0.330 e. The van der Waals surface area contributed by atoms with E-state index < -0.39 is 18.3 Å². The third kappa shape index (κ3) is 4.78. The van der Waals surface area contributed by atoms with Gasteiger partial charge in [0.25, 0.3) is 0 Å². The van der Waals surface area contributed by atoms with E-state index >= 15 is 0 Å². The molecule has 1 aliphatic heterocycles. The predicted molar refractivity (Wildman–Crippen MR) is 150 cm³/mol. The molecule has 0 fully saturated rings. The molecule has 0 aromatic heterocycles. The Kier molecular flexibility index (Phi) is 7.15. The Morgan fingerprint density at radius 3 is 2.03 bits per heavy atom. The fourth-order valence-electron chi connectivity index (χ4n) is 4.46. The second-order valence-electron chi connectivity index (χ2n) is 8.44. The fourth-order valence-corrected chi connectivity index (χ4v) is 7.99. The van der Waals surface area contributed by atoms with E-state index in [4.69, 9.17) is 21.3 Å². The highest BCUT2D eigenvalue weighted by Gasteiger charge is 2.38. The minimum atomic E-state index is -2.45. The quantitative estimate of drug-likeness (QED) is 0.201. The molecule has 180 valence electrons. The van der Waals surface area contributed by atoms with Gasteiger partial charge in [-0.3, -0.25) is 5.09 Å². The molecule has 1 aliphatic rings. The van der Waals surface area contributed by atoms with Crippen molar-refractivity contribution in [3.63, 3.8) is 0 Å². The number of esters is 1. The van der Waals surface area contributed by atoms with E-state index in [1.165, 1.54) is 13.2 Å². The molecule has 2 atom stereocenters. The van der Waals surface area contributed by atoms with E-state index in [9.17, 15) is 4.79 Å². The van der Waals surface area contributed by atoms with Crippen molar-refractivity contribution in [2.75, 3.05) is 7.11 Å². The van der Waals surface area contributed by atoms with Gasteiger partial charge in [0.1, 0.15) is 11.9 Å². The van der Waals surface area contributed by atoms with Gasteiger partial charge in [-0.05, 0) is 11.6 Å². The largest absolute Gasteiger partial charge is 0.483 e. The first-order valence-electron chi connectivity index (χ1n) is 11.7. The predicted octanol–water partition coefficient (Wildman–Crippen LogP) is 5.52. The van der Waals surface area contributed by atoms with Crippen molar-refractivity contribution in [3.05, 3.63) is 127 Å². The Morgan fingerprint density at radius 2 is 1.44 bits per heavy atom. The van der Waals surface area contributed by atoms with Gasteiger partial charge < -0.3 is 9.47 Å². The van der Waals surface area contributed by atoms with Crippen molar-refractivity contribution in [1.29, 1.82) is 0 Å². The average molecular weight is 512 g/mol. The molecule has 0 amide bonds. The van der Waals surface area contributed by atoms with Crippen LogP contribution in [0.4, 0.5) is 0 Å². The molecule has 1 heterocycles. The Balaban J connectivity index is 1.63. The first-order chi connectivity index (χ1) is 17.6. The molecule has 36 heavy (non-hydrogen) atoms. The molecular weight excluding hydrogens is 485 g/mol. The Hall–Kier alpha value is -3.50. The third-order valence-electron chi connectivity index (χ3n) is 6.23. The number of hydrogen-bond acceptors (Lipinski definition) is 4. The van der Waals surface area contributed by atoms with Gasteiger partial charge in [-0.1, -0.05) is 121 Å². The minimum Gasteiger partial charge on any atom is -0.483 e. The van der Waals surface area contributed by atoms with Crippen LogP contribution in [0.25, 0.3) is 11.1 Å². The number of carbonyl (C=O) groups is 1. The highest BCUT2D eigenvalue weighted by molar-refractivity contribution is 8.20. The molecule has 0 saturated heterocycles. The SMILES string of the molecule is COC(=O)/C=C/[C@@H]1Oc2c(-c3ccccc3)cccc2[C@H]1NP(=S)(c1ccccc1)c1ccccc1. The van der Waals surface area contributed by atoms with Crippen LogP contribution in [0.3, 0.4) is 0 Å². The molecule has 0 aliphatic carbocycles. The van der Waals surface area contributed by atoms with Gasteiger partial charge >= 0.3 is 5.97 Å². The third-order valence-corrected chi connectivity index (χ3v) is 10.5. The summed E-state index contributed by atoms with van der Waals surface area (Å²) in [5, 5.41) is 5.98. The van der Waals surface area contributed by atoms with Crippen molar-refractivity contribution in [2.24, 2.45) is 0 Å². The number of ether oxygens (including phenoxy) is 2. The van der Waals surface area contributed by atoms with Gasteiger partial charge in [0.15, 0.2) is 0 Å². The number of carbonyl (C=O) groups excluding carboxylic acids is 1. The summed E-state index contributed by atoms with van der Waals surface area (Å²) in [6, 6.07) is 36.4. The number of benzene rings is 4. The summed E-state index contributed by atoms with van der Waals surface area (Å²) < 4.78 is 11.4. The summed E-state index contributed by atoms with van der Waals surface area (Å²) in [6.45, 7) is 0. The maximum absolute atomic E-state index is 12.0. The molecule has 5 rings (SSSR count). The molecule has 0 unspecified atom stereocenters. The minimum absolute atomic E-state index is 0.268. The molecular formula is C30H26NO3PS. The van der Waals surface area contributed by atoms with E-state index in [1.54, 1.807) is 6.08 Å². The summed E-state index contributed by atoms with van der Waals surface area (Å²) in [7, 11) is 1.37. The number of rotatable bonds is 7. The zero-order chi connectivity index (χ0) is 25.0. The molecule has 4 nitrogen and oxygen atoms in total. The molecule has 0 bridgehead atoms. The van der Waals surface area contributed by atoms with Crippen molar-refractivity contribution in [3.8, 4) is 16.9 Å². The molecule has 1 N–H and O–H groups in total. The van der Waals surface area contributed by atoms with Crippen LogP contribution in [-0.4, -0.2) is 19.2 Å². The molecule has 0 radical (unpaired) electrons. The van der Waals surface area contributed by atoms with Gasteiger partial charge in [-0.15, -0.1) is 0 Å². The lowest BCUT2D eigenvalue weighted by Gasteiger charge is -2.30. The highest BCUT2D eigenvalue weighted by atomic mass is 32.4. The summed E-state index contributed by atoms with van der Waals surface area (Å²) in [5.74, 6) is 0.366. The van der Waals surface area contributed by atoms with Gasteiger partial charge in [0.2, 0.25) is 0 Å². The van der Waals surface area contributed by atoms with Crippen LogP contribution in [0.15, 0.2) is 121 Å². The van der Waals surface area contributed by atoms with Crippen molar-refractivity contribution < 1.29 is 14.3 Å². The van der Waals surface area contributed by atoms with Crippen molar-refractivity contribution in [2.45, 2.75) is 12.1 Å². The molecule has 6 heteroatoms. The first-order valence-corrected chi connectivity index (χ1v) is 14.5. The Morgan fingerprint density at radius 1 is 0.861 bits per heavy atom. The van der Waals surface area contributed by atoms with E-state index in [2.05, 4.69) is 53.6 Å². The van der Waals surface area contributed by atoms with Crippen LogP contribution in [0.1, 0.15) is 11.6 Å². The van der Waals surface area contributed by atoms with E-state index in [0.29, 0.717) is 0 Å². The number of fused-ring (bicyclic) bond motifs is 1. The van der Waals surface area contributed by atoms with Gasteiger partial charge in [-0.2, -0.15) is 0 Å². The van der Waals surface area contributed by atoms with Gasteiger partial charge in [0, 0.05) is 27.8 Å². The lowest BCUT2D eigenvalue weighted by atomic mass is 9.98. The maximum atomic E-state index is 12.0. The van der Waals surface area contributed by atoms with Gasteiger partial charge in [-0.25, -0.2) is 4.79 Å². The fraction of sp³-hybridized carbons (Fsp3) is 0.100. The number of para-hydroxylation sites is 1. The highest BCUT2D eigenvalue weighted by Crippen LogP contribution is 2.49. The normalized spacial score (nSPS) is 16.9. The Bertz CT molecular complexity index is 1380. The van der Waals surface area contributed by atoms with Crippen molar-refractivity contribution >= 4 is 34.6 Å². The summed E-state index contributed by atoms with van der Waals surface area (Å²) in [6.07, 6.45) is 0.276. The van der Waals surface area contributed by atoms with Crippen LogP contribution in [0, 0.1) is 0 Å². The molecule has 4 aromatic carbocycles. The average Bonchev–Trinajstić information content (AvgIpc) is 3.30. The van der Waals surface area contributed by atoms with Crippen LogP contribution >= 0.6 is 6.19 Å². The van der Waals surface area contributed by atoms with Crippen LogP contribution in [-0.2, 0) is 21.3 Å². The lowest BCUT2D eigenvalue weighted by molar-refractivity contribution is -0.134. The van der Waals surface area contributed by atoms with E-state index in [-0.39, 0.29) is 6.04 Å². The monoisotopic (exact) mass is 511 g/mol. The summed E-state index contributed by atoms with van der Waals surface area (Å²) >= 11 is 6.47. The van der Waals surface area contributed by atoms with E-state index in [0.717, 1.165) is 33.0 Å². The first kappa shape index (κ1) is 24.2. The second-order valence-corrected chi connectivity index (χ2v) is 12.6. The zero-order valence-electron chi connectivity index (χ0n) is 19.8. The van der Waals surface area contributed by atoms with Crippen LogP contribution in [0.5, 0.6) is 5.75 Å². The topological polar surface area (TPSA) is 47.6 Å². The van der Waals surface area contributed by atoms with E-state index in [1.807, 2.05) is 60.7 Å². The zero-order valence-corrected chi connectivity index (χ0v) is 21.5. The lowest BCUT2D eigenvalue weighted by Crippen LogP contribution is -2.34. The number of methoxy groups -OCH3 is 1. The molecule has 0 saturated carbocycles. The van der Waals surface area contributed by atoms with Crippen LogP contribution in [0.2, 0.25) is 0 Å². The number of hydrogen-bond donors (Lipinski definition) is 1. The van der Waals surface area contributed by atoms with Gasteiger partial charge in [0.05, 0.1) is 19.3 Å². The van der Waals surface area contributed by atoms with Crippen LogP contribution < -0.4 is 20.4 Å². The standard InChI is InChI=1S/C30H26NO3PS/c1-33-28(32)21-20-27-29(26-19-11-18-25(30(26)34-27)22-12-5-2-6-13-22)31-35(36,23-14-7-3-8-15-23)24-16-9-4-10-17-24/h2-21,27,29H,1H3,(H,31,36)/b21-20+/t27-,29+/m0/s1. The molecule has 4 aromatic rings. The second kappa shape index (κ2) is 10.6. The number of nitrogens with one attached hydrogen (secondary N) is 1.